The van der Waals surface area contributed by atoms with E-state index in [0.29, 0.717) is 6.42 Å². The second-order valence-electron chi connectivity index (χ2n) is 2.32. The topological polar surface area (TPSA) is 46.5 Å². The molecule has 0 fully saturated rings. The van der Waals surface area contributed by atoms with Crippen LogP contribution in [-0.4, -0.2) is 24.3 Å². The second kappa shape index (κ2) is 4.23. The maximum absolute atomic E-state index is 10.8. The minimum Gasteiger partial charge on any atom is -0.467 e. The third-order valence-corrected chi connectivity index (χ3v) is 2.35. The lowest BCUT2D eigenvalue weighted by atomic mass is 10.2. The molecule has 1 unspecified atom stereocenters. The zero-order chi connectivity index (χ0) is 8.97. The SMILES string of the molecule is COC(=O)C(O)Cc1cccs1. The zero-order valence-electron chi connectivity index (χ0n) is 6.69. The van der Waals surface area contributed by atoms with Crippen molar-refractivity contribution < 1.29 is 14.6 Å². The fourth-order valence-electron chi connectivity index (χ4n) is 0.839. The molecular formula is C8H10O3S. The minimum atomic E-state index is -1.03. The molecule has 0 aliphatic rings. The fourth-order valence-corrected chi connectivity index (χ4v) is 1.58. The average molecular weight is 186 g/mol. The molecule has 0 aliphatic carbocycles. The summed E-state index contributed by atoms with van der Waals surface area (Å²) in [6.45, 7) is 0. The van der Waals surface area contributed by atoms with Gasteiger partial charge in [0.2, 0.25) is 0 Å². The molecule has 0 amide bonds. The number of ether oxygens (including phenoxy) is 1. The van der Waals surface area contributed by atoms with Gasteiger partial charge in [0.15, 0.2) is 6.10 Å². The molecule has 1 rings (SSSR count). The zero-order valence-corrected chi connectivity index (χ0v) is 7.50. The van der Waals surface area contributed by atoms with Crippen molar-refractivity contribution in [1.82, 2.24) is 0 Å². The molecule has 0 aromatic carbocycles. The van der Waals surface area contributed by atoms with Crippen LogP contribution in [0.1, 0.15) is 4.88 Å². The first-order valence-electron chi connectivity index (χ1n) is 3.52. The number of carbonyl (C=O) groups is 1. The van der Waals surface area contributed by atoms with Crippen LogP contribution in [-0.2, 0) is 16.0 Å². The number of aliphatic hydroxyl groups excluding tert-OH is 1. The summed E-state index contributed by atoms with van der Waals surface area (Å²) in [6.07, 6.45) is -0.696. The lowest BCUT2D eigenvalue weighted by Crippen LogP contribution is -2.23. The van der Waals surface area contributed by atoms with Gasteiger partial charge in [-0.25, -0.2) is 4.79 Å². The van der Waals surface area contributed by atoms with E-state index in [1.807, 2.05) is 17.5 Å². The Morgan fingerprint density at radius 1 is 1.83 bits per heavy atom. The van der Waals surface area contributed by atoms with Gasteiger partial charge in [-0.3, -0.25) is 0 Å². The second-order valence-corrected chi connectivity index (χ2v) is 3.35. The van der Waals surface area contributed by atoms with Crippen molar-refractivity contribution in [3.8, 4) is 0 Å². The molecule has 0 spiro atoms. The van der Waals surface area contributed by atoms with Crippen molar-refractivity contribution in [2.45, 2.75) is 12.5 Å². The number of hydrogen-bond donors (Lipinski definition) is 1. The first-order valence-corrected chi connectivity index (χ1v) is 4.40. The minimum absolute atomic E-state index is 0.338. The molecular weight excluding hydrogens is 176 g/mol. The number of esters is 1. The average Bonchev–Trinajstić information content (AvgIpc) is 2.55. The van der Waals surface area contributed by atoms with Gasteiger partial charge >= 0.3 is 5.97 Å². The van der Waals surface area contributed by atoms with Crippen LogP contribution >= 0.6 is 11.3 Å². The summed E-state index contributed by atoms with van der Waals surface area (Å²) >= 11 is 1.51. The number of methoxy groups -OCH3 is 1. The van der Waals surface area contributed by atoms with Crippen LogP contribution in [0.4, 0.5) is 0 Å². The van der Waals surface area contributed by atoms with E-state index in [0.717, 1.165) is 4.88 Å². The largest absolute Gasteiger partial charge is 0.467 e. The van der Waals surface area contributed by atoms with Crippen LogP contribution in [0.3, 0.4) is 0 Å². The summed E-state index contributed by atoms with van der Waals surface area (Å²) in [5, 5.41) is 11.1. The highest BCUT2D eigenvalue weighted by Crippen LogP contribution is 2.11. The van der Waals surface area contributed by atoms with Crippen molar-refractivity contribution in [3.63, 3.8) is 0 Å². The third kappa shape index (κ3) is 2.32. The highest BCUT2D eigenvalue weighted by atomic mass is 32.1. The molecule has 12 heavy (non-hydrogen) atoms. The van der Waals surface area contributed by atoms with Crippen molar-refractivity contribution in [2.75, 3.05) is 7.11 Å². The van der Waals surface area contributed by atoms with Gasteiger partial charge in [-0.15, -0.1) is 11.3 Å². The Hall–Kier alpha value is -0.870. The van der Waals surface area contributed by atoms with Crippen LogP contribution in [0.5, 0.6) is 0 Å². The van der Waals surface area contributed by atoms with Crippen LogP contribution in [0, 0.1) is 0 Å². The molecule has 0 bridgehead atoms. The predicted octanol–water partition coefficient (Wildman–Crippen LogP) is 0.825. The smallest absolute Gasteiger partial charge is 0.335 e. The van der Waals surface area contributed by atoms with Gasteiger partial charge < -0.3 is 9.84 Å². The van der Waals surface area contributed by atoms with E-state index in [1.54, 1.807) is 0 Å². The molecule has 3 nitrogen and oxygen atoms in total. The Morgan fingerprint density at radius 3 is 3.08 bits per heavy atom. The van der Waals surface area contributed by atoms with Gasteiger partial charge in [-0.05, 0) is 11.4 Å². The maximum atomic E-state index is 10.8. The van der Waals surface area contributed by atoms with Gasteiger partial charge in [0.05, 0.1) is 7.11 Å². The predicted molar refractivity (Wildman–Crippen MR) is 46.0 cm³/mol. The monoisotopic (exact) mass is 186 g/mol. The summed E-state index contributed by atoms with van der Waals surface area (Å²) in [6, 6.07) is 3.75. The third-order valence-electron chi connectivity index (χ3n) is 1.45. The standard InChI is InChI=1S/C8H10O3S/c1-11-8(10)7(9)5-6-3-2-4-12-6/h2-4,7,9H,5H2,1H3. The Balaban J connectivity index is 2.47. The number of thiophene rings is 1. The Kier molecular flexibility index (Phi) is 3.25. The molecule has 0 saturated heterocycles. The molecule has 1 heterocycles. The molecule has 1 N–H and O–H groups in total. The van der Waals surface area contributed by atoms with Gasteiger partial charge in [0.1, 0.15) is 0 Å². The molecule has 1 aromatic heterocycles. The van der Waals surface area contributed by atoms with Gasteiger partial charge in [-0.2, -0.15) is 0 Å². The van der Waals surface area contributed by atoms with Crippen molar-refractivity contribution >= 4 is 17.3 Å². The number of aliphatic hydroxyl groups is 1. The number of hydrogen-bond acceptors (Lipinski definition) is 4. The molecule has 1 atom stereocenters. The first-order chi connectivity index (χ1) is 5.74. The molecule has 66 valence electrons. The number of carbonyl (C=O) groups excluding carboxylic acids is 1. The molecule has 1 aromatic rings. The molecule has 0 radical (unpaired) electrons. The van der Waals surface area contributed by atoms with Crippen molar-refractivity contribution in [2.24, 2.45) is 0 Å². The van der Waals surface area contributed by atoms with E-state index in [-0.39, 0.29) is 0 Å². The van der Waals surface area contributed by atoms with E-state index in [9.17, 15) is 9.90 Å². The summed E-state index contributed by atoms with van der Waals surface area (Å²) in [4.78, 5) is 11.7. The van der Waals surface area contributed by atoms with E-state index >= 15 is 0 Å². The Bertz CT molecular complexity index is 243. The van der Waals surface area contributed by atoms with Gasteiger partial charge in [-0.1, -0.05) is 6.07 Å². The van der Waals surface area contributed by atoms with E-state index in [4.69, 9.17) is 0 Å². The summed E-state index contributed by atoms with van der Waals surface area (Å²) < 4.78 is 4.38. The van der Waals surface area contributed by atoms with Crippen LogP contribution in [0.25, 0.3) is 0 Å². The molecule has 0 saturated carbocycles. The number of rotatable bonds is 3. The van der Waals surface area contributed by atoms with Crippen LogP contribution < -0.4 is 0 Å². The van der Waals surface area contributed by atoms with E-state index in [2.05, 4.69) is 4.74 Å². The van der Waals surface area contributed by atoms with Gasteiger partial charge in [0, 0.05) is 11.3 Å². The van der Waals surface area contributed by atoms with Crippen molar-refractivity contribution in [3.05, 3.63) is 22.4 Å². The lowest BCUT2D eigenvalue weighted by molar-refractivity contribution is -0.150. The first kappa shape index (κ1) is 9.22. The van der Waals surface area contributed by atoms with Gasteiger partial charge in [0.25, 0.3) is 0 Å². The molecule has 0 aliphatic heterocycles. The Morgan fingerprint density at radius 2 is 2.58 bits per heavy atom. The lowest BCUT2D eigenvalue weighted by Gasteiger charge is -2.05. The highest BCUT2D eigenvalue weighted by molar-refractivity contribution is 7.09. The van der Waals surface area contributed by atoms with E-state index in [1.165, 1.54) is 18.4 Å². The van der Waals surface area contributed by atoms with Crippen LogP contribution in [0.2, 0.25) is 0 Å². The fraction of sp³-hybridized carbons (Fsp3) is 0.375. The highest BCUT2D eigenvalue weighted by Gasteiger charge is 2.15. The Labute approximate surface area is 74.6 Å². The van der Waals surface area contributed by atoms with Crippen LogP contribution in [0.15, 0.2) is 17.5 Å². The molecule has 4 heteroatoms. The maximum Gasteiger partial charge on any atom is 0.335 e. The summed E-state index contributed by atoms with van der Waals surface area (Å²) in [5.41, 5.74) is 0. The quantitative estimate of drug-likeness (QED) is 0.711. The van der Waals surface area contributed by atoms with Crippen molar-refractivity contribution in [1.29, 1.82) is 0 Å². The summed E-state index contributed by atoms with van der Waals surface area (Å²) in [7, 11) is 1.26. The van der Waals surface area contributed by atoms with E-state index < -0.39 is 12.1 Å². The summed E-state index contributed by atoms with van der Waals surface area (Å²) in [5.74, 6) is -0.580. The normalized spacial score (nSPS) is 12.5.